The third kappa shape index (κ3) is 2.95. The Morgan fingerprint density at radius 3 is 2.83 bits per heavy atom. The molecule has 2 atom stereocenters. The number of rotatable bonds is 3. The van der Waals surface area contributed by atoms with Crippen LogP contribution in [0.3, 0.4) is 0 Å². The van der Waals surface area contributed by atoms with Gasteiger partial charge in [0.1, 0.15) is 11.7 Å². The van der Waals surface area contributed by atoms with Crippen LogP contribution in [0.4, 0.5) is 0 Å². The van der Waals surface area contributed by atoms with Gasteiger partial charge in [-0.25, -0.2) is 0 Å². The Labute approximate surface area is 145 Å². The SMILES string of the molecule is CCOC(=O)[C@H]1C(=N)SC2=C(C(=O)CC(C)(C)C2)[C@@H]1c1ccco1. The van der Waals surface area contributed by atoms with Gasteiger partial charge >= 0.3 is 5.97 Å². The highest BCUT2D eigenvalue weighted by atomic mass is 32.2. The third-order valence-corrected chi connectivity index (χ3v) is 5.51. The van der Waals surface area contributed by atoms with E-state index in [0.717, 1.165) is 11.3 Å². The summed E-state index contributed by atoms with van der Waals surface area (Å²) in [6, 6.07) is 3.50. The summed E-state index contributed by atoms with van der Waals surface area (Å²) >= 11 is 1.24. The molecule has 1 aromatic rings. The van der Waals surface area contributed by atoms with Gasteiger partial charge in [0.25, 0.3) is 0 Å². The van der Waals surface area contributed by atoms with Gasteiger partial charge in [0, 0.05) is 12.0 Å². The lowest BCUT2D eigenvalue weighted by Gasteiger charge is -2.39. The fraction of sp³-hybridized carbons (Fsp3) is 0.500. The second-order valence-electron chi connectivity index (χ2n) is 6.97. The molecular formula is C18H21NO4S. The molecule has 24 heavy (non-hydrogen) atoms. The second-order valence-corrected chi connectivity index (χ2v) is 8.10. The summed E-state index contributed by atoms with van der Waals surface area (Å²) in [5.41, 5.74) is 0.497. The largest absolute Gasteiger partial charge is 0.469 e. The van der Waals surface area contributed by atoms with Crippen molar-refractivity contribution in [2.75, 3.05) is 6.61 Å². The fourth-order valence-corrected chi connectivity index (χ4v) is 4.92. The zero-order valence-electron chi connectivity index (χ0n) is 14.0. The van der Waals surface area contributed by atoms with Gasteiger partial charge in [-0.1, -0.05) is 25.6 Å². The lowest BCUT2D eigenvalue weighted by Crippen LogP contribution is -2.39. The Hall–Kier alpha value is -1.82. The average Bonchev–Trinajstić information content (AvgIpc) is 2.98. The maximum Gasteiger partial charge on any atom is 0.316 e. The van der Waals surface area contributed by atoms with Crippen LogP contribution in [0.15, 0.2) is 33.3 Å². The number of carbonyl (C=O) groups is 2. The van der Waals surface area contributed by atoms with Crippen molar-refractivity contribution in [3.8, 4) is 0 Å². The van der Waals surface area contributed by atoms with Gasteiger partial charge < -0.3 is 9.15 Å². The molecule has 2 heterocycles. The van der Waals surface area contributed by atoms with Crippen molar-refractivity contribution in [1.82, 2.24) is 0 Å². The molecule has 0 saturated carbocycles. The van der Waals surface area contributed by atoms with Gasteiger partial charge in [-0.2, -0.15) is 0 Å². The van der Waals surface area contributed by atoms with Crippen LogP contribution in [-0.2, 0) is 14.3 Å². The standard InChI is InChI=1S/C18H21NO4S/c1-4-22-17(21)15-14(11-6-5-7-23-11)13-10(20)8-18(2,3)9-12(13)24-16(15)19/h5-7,14-15,19H,4,8-9H2,1-3H3/t14-,15+/m0/s1. The molecule has 1 N–H and O–H groups in total. The molecule has 0 fully saturated rings. The Kier molecular flexibility index (Phi) is 4.42. The number of ketones is 1. The summed E-state index contributed by atoms with van der Waals surface area (Å²) < 4.78 is 10.7. The molecular weight excluding hydrogens is 326 g/mol. The Bertz CT molecular complexity index is 717. The number of hydrogen-bond donors (Lipinski definition) is 1. The molecule has 3 rings (SSSR count). The molecule has 5 nitrogen and oxygen atoms in total. The van der Waals surface area contributed by atoms with Crippen LogP contribution in [0, 0.1) is 16.7 Å². The van der Waals surface area contributed by atoms with E-state index >= 15 is 0 Å². The maximum absolute atomic E-state index is 12.8. The first kappa shape index (κ1) is 17.0. The molecule has 0 aromatic carbocycles. The van der Waals surface area contributed by atoms with Crippen molar-refractivity contribution in [2.24, 2.45) is 11.3 Å². The predicted molar refractivity (Wildman–Crippen MR) is 91.9 cm³/mol. The van der Waals surface area contributed by atoms with Crippen LogP contribution >= 0.6 is 11.8 Å². The summed E-state index contributed by atoms with van der Waals surface area (Å²) in [7, 11) is 0. The van der Waals surface area contributed by atoms with E-state index in [1.54, 1.807) is 19.1 Å². The van der Waals surface area contributed by atoms with E-state index in [4.69, 9.17) is 14.6 Å². The number of thioether (sulfide) groups is 1. The van der Waals surface area contributed by atoms with E-state index in [1.807, 2.05) is 0 Å². The zero-order chi connectivity index (χ0) is 17.5. The molecule has 1 aromatic heterocycles. The molecule has 2 aliphatic rings. The Morgan fingerprint density at radius 2 is 2.21 bits per heavy atom. The normalized spacial score (nSPS) is 26.3. The molecule has 0 amide bonds. The Morgan fingerprint density at radius 1 is 1.46 bits per heavy atom. The second kappa shape index (κ2) is 6.24. The monoisotopic (exact) mass is 347 g/mol. The lowest BCUT2D eigenvalue weighted by molar-refractivity contribution is -0.146. The summed E-state index contributed by atoms with van der Waals surface area (Å²) in [6.45, 7) is 6.08. The van der Waals surface area contributed by atoms with Gasteiger partial charge in [-0.3, -0.25) is 15.0 Å². The van der Waals surface area contributed by atoms with Crippen molar-refractivity contribution in [1.29, 1.82) is 5.41 Å². The van der Waals surface area contributed by atoms with Gasteiger partial charge in [0.2, 0.25) is 0 Å². The third-order valence-electron chi connectivity index (χ3n) is 4.43. The minimum atomic E-state index is -0.815. The maximum atomic E-state index is 12.8. The topological polar surface area (TPSA) is 80.4 Å². The number of ether oxygens (including phenoxy) is 1. The molecule has 128 valence electrons. The number of esters is 1. The van der Waals surface area contributed by atoms with Crippen LogP contribution in [0.5, 0.6) is 0 Å². The van der Waals surface area contributed by atoms with Crippen LogP contribution in [0.2, 0.25) is 0 Å². The van der Waals surface area contributed by atoms with Crippen LogP contribution < -0.4 is 0 Å². The van der Waals surface area contributed by atoms with E-state index in [9.17, 15) is 9.59 Å². The van der Waals surface area contributed by atoms with Crippen LogP contribution in [-0.4, -0.2) is 23.4 Å². The van der Waals surface area contributed by atoms with Crippen LogP contribution in [0.1, 0.15) is 45.3 Å². The highest BCUT2D eigenvalue weighted by Gasteiger charge is 2.48. The smallest absolute Gasteiger partial charge is 0.316 e. The van der Waals surface area contributed by atoms with Crippen molar-refractivity contribution >= 4 is 28.6 Å². The summed E-state index contributed by atoms with van der Waals surface area (Å²) in [6.07, 6.45) is 2.70. The van der Waals surface area contributed by atoms with Gasteiger partial charge in [-0.05, 0) is 35.8 Å². The highest BCUT2D eigenvalue weighted by Crippen LogP contribution is 2.52. The molecule has 6 heteroatoms. The predicted octanol–water partition coefficient (Wildman–Crippen LogP) is 3.91. The molecule has 0 spiro atoms. The number of nitrogens with one attached hydrogen (secondary N) is 1. The molecule has 0 radical (unpaired) electrons. The molecule has 1 aliphatic carbocycles. The number of hydrogen-bond acceptors (Lipinski definition) is 6. The minimum Gasteiger partial charge on any atom is -0.469 e. The first-order chi connectivity index (χ1) is 11.3. The lowest BCUT2D eigenvalue weighted by atomic mass is 9.71. The van der Waals surface area contributed by atoms with Crippen molar-refractivity contribution < 1.29 is 18.7 Å². The van der Waals surface area contributed by atoms with Gasteiger partial charge in [0.15, 0.2) is 5.78 Å². The van der Waals surface area contributed by atoms with E-state index < -0.39 is 17.8 Å². The minimum absolute atomic E-state index is 0.0388. The number of Topliss-reactive ketones (excluding diaryl/α,β-unsaturated/α-hetero) is 1. The van der Waals surface area contributed by atoms with Crippen LogP contribution in [0.25, 0.3) is 0 Å². The van der Waals surface area contributed by atoms with E-state index in [2.05, 4.69) is 13.8 Å². The summed E-state index contributed by atoms with van der Waals surface area (Å²) in [4.78, 5) is 26.2. The summed E-state index contributed by atoms with van der Waals surface area (Å²) in [5, 5.41) is 8.60. The highest BCUT2D eigenvalue weighted by molar-refractivity contribution is 8.17. The quantitative estimate of drug-likeness (QED) is 0.839. The first-order valence-corrected chi connectivity index (χ1v) is 8.88. The summed E-state index contributed by atoms with van der Waals surface area (Å²) in [5.74, 6) is -1.27. The number of carbonyl (C=O) groups excluding carboxylic acids is 2. The first-order valence-electron chi connectivity index (χ1n) is 8.06. The molecule has 0 bridgehead atoms. The van der Waals surface area contributed by atoms with Crippen molar-refractivity contribution in [3.05, 3.63) is 34.6 Å². The zero-order valence-corrected chi connectivity index (χ0v) is 14.9. The molecule has 0 unspecified atom stereocenters. The van der Waals surface area contributed by atoms with E-state index in [0.29, 0.717) is 17.8 Å². The van der Waals surface area contributed by atoms with Gasteiger partial charge in [0.05, 0.1) is 23.8 Å². The molecule has 0 saturated heterocycles. The fourth-order valence-electron chi connectivity index (χ4n) is 3.48. The molecule has 1 aliphatic heterocycles. The number of allylic oxidation sites excluding steroid dienone is 2. The van der Waals surface area contributed by atoms with Gasteiger partial charge in [-0.15, -0.1) is 0 Å². The van der Waals surface area contributed by atoms with E-state index in [-0.39, 0.29) is 22.8 Å². The van der Waals surface area contributed by atoms with E-state index in [1.165, 1.54) is 18.0 Å². The number of furan rings is 1. The average molecular weight is 347 g/mol. The van der Waals surface area contributed by atoms with Crippen molar-refractivity contribution in [2.45, 2.75) is 39.5 Å². The van der Waals surface area contributed by atoms with Crippen molar-refractivity contribution in [3.63, 3.8) is 0 Å². The Balaban J connectivity index is 2.12.